The topological polar surface area (TPSA) is 92.5 Å². The lowest BCUT2D eigenvalue weighted by atomic mass is 10.3. The quantitative estimate of drug-likeness (QED) is 0.646. The molecule has 0 fully saturated rings. The summed E-state index contributed by atoms with van der Waals surface area (Å²) in [7, 11) is 0. The largest absolute Gasteiger partial charge is 0.480 e. The van der Waals surface area contributed by atoms with E-state index < -0.39 is 10.9 Å². The number of nitrogens with zero attached hydrogens (tertiary/aromatic N) is 1. The van der Waals surface area contributed by atoms with Gasteiger partial charge in [-0.2, -0.15) is 0 Å². The van der Waals surface area contributed by atoms with Gasteiger partial charge in [0.2, 0.25) is 0 Å². The van der Waals surface area contributed by atoms with Crippen molar-refractivity contribution in [3.8, 4) is 0 Å². The van der Waals surface area contributed by atoms with Gasteiger partial charge in [0.1, 0.15) is 6.54 Å². The molecule has 0 heterocycles. The SMILES string of the molecule is O=C(O)CNc1cc(Br)cc([N+](=O)[O-])c1. The molecule has 0 spiro atoms. The zero-order chi connectivity index (χ0) is 11.4. The maximum Gasteiger partial charge on any atom is 0.322 e. The van der Waals surface area contributed by atoms with Gasteiger partial charge in [0.05, 0.1) is 4.92 Å². The number of non-ortho nitro benzene ring substituents is 1. The first-order valence-corrected chi connectivity index (χ1v) is 4.69. The molecular weight excluding hydrogens is 268 g/mol. The van der Waals surface area contributed by atoms with Gasteiger partial charge in [-0.05, 0) is 6.07 Å². The van der Waals surface area contributed by atoms with Crippen LogP contribution in [0.15, 0.2) is 22.7 Å². The van der Waals surface area contributed by atoms with Gasteiger partial charge in [0.25, 0.3) is 5.69 Å². The van der Waals surface area contributed by atoms with E-state index in [2.05, 4.69) is 21.2 Å². The first-order chi connectivity index (χ1) is 6.99. The number of nitrogens with one attached hydrogen (secondary N) is 1. The monoisotopic (exact) mass is 274 g/mol. The van der Waals surface area contributed by atoms with E-state index in [-0.39, 0.29) is 12.2 Å². The number of carboxylic acid groups (broad SMARTS) is 1. The van der Waals surface area contributed by atoms with Crippen LogP contribution < -0.4 is 5.32 Å². The molecule has 0 bridgehead atoms. The normalized spacial score (nSPS) is 9.67. The zero-order valence-corrected chi connectivity index (χ0v) is 9.02. The Morgan fingerprint density at radius 3 is 2.73 bits per heavy atom. The van der Waals surface area contributed by atoms with E-state index in [1.807, 2.05) is 0 Å². The highest BCUT2D eigenvalue weighted by Crippen LogP contribution is 2.24. The summed E-state index contributed by atoms with van der Waals surface area (Å²) in [6.07, 6.45) is 0. The van der Waals surface area contributed by atoms with E-state index in [0.29, 0.717) is 10.2 Å². The van der Waals surface area contributed by atoms with Crippen LogP contribution in [0.25, 0.3) is 0 Å². The highest BCUT2D eigenvalue weighted by Gasteiger charge is 2.08. The molecule has 2 N–H and O–H groups in total. The molecule has 6 nitrogen and oxygen atoms in total. The maximum absolute atomic E-state index is 10.5. The van der Waals surface area contributed by atoms with E-state index in [0.717, 1.165) is 0 Å². The molecule has 15 heavy (non-hydrogen) atoms. The number of carbonyl (C=O) groups is 1. The van der Waals surface area contributed by atoms with Gasteiger partial charge in [-0.1, -0.05) is 15.9 Å². The van der Waals surface area contributed by atoms with Crippen molar-refractivity contribution < 1.29 is 14.8 Å². The Morgan fingerprint density at radius 2 is 2.20 bits per heavy atom. The number of carboxylic acids is 1. The van der Waals surface area contributed by atoms with Crippen molar-refractivity contribution in [3.63, 3.8) is 0 Å². The van der Waals surface area contributed by atoms with Crippen molar-refractivity contribution in [2.75, 3.05) is 11.9 Å². The fraction of sp³-hybridized carbons (Fsp3) is 0.125. The summed E-state index contributed by atoms with van der Waals surface area (Å²) in [6.45, 7) is -0.284. The number of rotatable bonds is 4. The Hall–Kier alpha value is -1.63. The maximum atomic E-state index is 10.5. The Kier molecular flexibility index (Phi) is 3.62. The average Bonchev–Trinajstić information content (AvgIpc) is 2.13. The predicted octanol–water partition coefficient (Wildman–Crippen LogP) is 1.85. The molecule has 1 rings (SSSR count). The van der Waals surface area contributed by atoms with Crippen molar-refractivity contribution in [3.05, 3.63) is 32.8 Å². The van der Waals surface area contributed by atoms with Gasteiger partial charge in [0.15, 0.2) is 0 Å². The first-order valence-electron chi connectivity index (χ1n) is 3.89. The molecule has 0 unspecified atom stereocenters. The molecule has 1 aromatic rings. The summed E-state index contributed by atoms with van der Waals surface area (Å²) in [6, 6.07) is 4.18. The summed E-state index contributed by atoms with van der Waals surface area (Å²) < 4.78 is 0.518. The van der Waals surface area contributed by atoms with Crippen LogP contribution in [0, 0.1) is 10.1 Å². The number of hydrogen-bond donors (Lipinski definition) is 2. The molecule has 0 saturated heterocycles. The fourth-order valence-corrected chi connectivity index (χ4v) is 1.44. The standard InChI is InChI=1S/C8H7BrN2O4/c9-5-1-6(10-4-8(12)13)3-7(2-5)11(14)15/h1-3,10H,4H2,(H,12,13). The van der Waals surface area contributed by atoms with Crippen LogP contribution in [-0.2, 0) is 4.79 Å². The molecule has 80 valence electrons. The third-order valence-corrected chi connectivity index (χ3v) is 1.99. The van der Waals surface area contributed by atoms with Crippen LogP contribution in [0.4, 0.5) is 11.4 Å². The van der Waals surface area contributed by atoms with Crippen LogP contribution in [0.2, 0.25) is 0 Å². The van der Waals surface area contributed by atoms with Crippen molar-refractivity contribution in [1.29, 1.82) is 0 Å². The summed E-state index contributed by atoms with van der Waals surface area (Å²) in [5, 5.41) is 21.4. The van der Waals surface area contributed by atoms with Gasteiger partial charge >= 0.3 is 5.97 Å². The third-order valence-electron chi connectivity index (χ3n) is 1.54. The van der Waals surface area contributed by atoms with Crippen molar-refractivity contribution in [2.45, 2.75) is 0 Å². The molecule has 0 aliphatic carbocycles. The zero-order valence-electron chi connectivity index (χ0n) is 7.44. The number of nitro groups is 1. The lowest BCUT2D eigenvalue weighted by Gasteiger charge is -2.03. The Balaban J connectivity index is 2.88. The number of nitro benzene ring substituents is 1. The van der Waals surface area contributed by atoms with Crippen LogP contribution in [0.5, 0.6) is 0 Å². The summed E-state index contributed by atoms with van der Waals surface area (Å²) in [5.74, 6) is -1.03. The van der Waals surface area contributed by atoms with Gasteiger partial charge in [0, 0.05) is 22.3 Å². The van der Waals surface area contributed by atoms with Crippen LogP contribution >= 0.6 is 15.9 Å². The van der Waals surface area contributed by atoms with Gasteiger partial charge in [-0.25, -0.2) is 0 Å². The van der Waals surface area contributed by atoms with E-state index >= 15 is 0 Å². The van der Waals surface area contributed by atoms with Crippen LogP contribution in [0.3, 0.4) is 0 Å². The van der Waals surface area contributed by atoms with Crippen molar-refractivity contribution in [2.24, 2.45) is 0 Å². The molecule has 0 amide bonds. The Morgan fingerprint density at radius 1 is 1.53 bits per heavy atom. The molecule has 0 aliphatic heterocycles. The number of aliphatic carboxylic acids is 1. The number of benzene rings is 1. The number of hydrogen-bond acceptors (Lipinski definition) is 4. The predicted molar refractivity (Wildman–Crippen MR) is 56.9 cm³/mol. The lowest BCUT2D eigenvalue weighted by molar-refractivity contribution is -0.384. The molecular formula is C8H7BrN2O4. The minimum atomic E-state index is -1.03. The first kappa shape index (κ1) is 11.4. The van der Waals surface area contributed by atoms with E-state index in [1.165, 1.54) is 12.1 Å². The number of anilines is 1. The summed E-state index contributed by atoms with van der Waals surface area (Å²) in [4.78, 5) is 20.2. The van der Waals surface area contributed by atoms with E-state index in [4.69, 9.17) is 5.11 Å². The van der Waals surface area contributed by atoms with Crippen LogP contribution in [-0.4, -0.2) is 22.5 Å². The highest BCUT2D eigenvalue weighted by atomic mass is 79.9. The minimum Gasteiger partial charge on any atom is -0.480 e. The Bertz CT molecular complexity index is 408. The summed E-state index contributed by atoms with van der Waals surface area (Å²) >= 11 is 3.10. The summed E-state index contributed by atoms with van der Waals surface area (Å²) in [5.41, 5.74) is 0.288. The average molecular weight is 275 g/mol. The molecule has 1 aromatic carbocycles. The molecule has 7 heteroatoms. The van der Waals surface area contributed by atoms with Crippen molar-refractivity contribution >= 4 is 33.3 Å². The molecule has 0 radical (unpaired) electrons. The number of halogens is 1. The Labute approximate surface area is 93.2 Å². The fourth-order valence-electron chi connectivity index (χ4n) is 0.959. The molecule has 0 saturated carbocycles. The second-order valence-corrected chi connectivity index (χ2v) is 3.62. The van der Waals surface area contributed by atoms with Crippen LogP contribution in [0.1, 0.15) is 0 Å². The minimum absolute atomic E-state index is 0.0998. The smallest absolute Gasteiger partial charge is 0.322 e. The van der Waals surface area contributed by atoms with Gasteiger partial charge in [-0.3, -0.25) is 14.9 Å². The third kappa shape index (κ3) is 3.55. The lowest BCUT2D eigenvalue weighted by Crippen LogP contribution is -2.12. The van der Waals surface area contributed by atoms with Gasteiger partial charge in [-0.15, -0.1) is 0 Å². The van der Waals surface area contributed by atoms with Gasteiger partial charge < -0.3 is 10.4 Å². The van der Waals surface area contributed by atoms with E-state index in [1.54, 1.807) is 6.07 Å². The van der Waals surface area contributed by atoms with E-state index in [9.17, 15) is 14.9 Å². The second-order valence-electron chi connectivity index (χ2n) is 2.70. The molecule has 0 aromatic heterocycles. The molecule has 0 atom stereocenters. The highest BCUT2D eigenvalue weighted by molar-refractivity contribution is 9.10. The molecule has 0 aliphatic rings. The van der Waals surface area contributed by atoms with Crippen molar-refractivity contribution in [1.82, 2.24) is 0 Å². The second kappa shape index (κ2) is 4.74.